The Hall–Kier alpha value is -1.12. The van der Waals surface area contributed by atoms with Crippen molar-refractivity contribution >= 4 is 0 Å². The third-order valence-electron chi connectivity index (χ3n) is 4.22. The maximum atomic E-state index is 5.81. The van der Waals surface area contributed by atoms with E-state index in [1.165, 1.54) is 49.7 Å². The van der Waals surface area contributed by atoms with Gasteiger partial charge in [0.2, 0.25) is 0 Å². The van der Waals surface area contributed by atoms with Crippen molar-refractivity contribution in [2.24, 2.45) is 0 Å². The van der Waals surface area contributed by atoms with Crippen molar-refractivity contribution in [1.82, 2.24) is 5.32 Å². The molecule has 20 heavy (non-hydrogen) atoms. The van der Waals surface area contributed by atoms with Crippen molar-refractivity contribution in [2.45, 2.75) is 50.7 Å². The van der Waals surface area contributed by atoms with Gasteiger partial charge in [-0.25, -0.2) is 0 Å². The molecule has 0 saturated heterocycles. The summed E-state index contributed by atoms with van der Waals surface area (Å²) in [6.45, 7) is 0. The lowest BCUT2D eigenvalue weighted by molar-refractivity contribution is 0.0797. The summed E-state index contributed by atoms with van der Waals surface area (Å²) < 4.78 is 5.81. The average Bonchev–Trinajstić information content (AvgIpc) is 2.46. The highest BCUT2D eigenvalue weighted by molar-refractivity contribution is 5.25. The van der Waals surface area contributed by atoms with Gasteiger partial charge in [0.25, 0.3) is 0 Å². The minimum Gasteiger partial charge on any atom is -0.375 e. The van der Waals surface area contributed by atoms with Crippen LogP contribution in [-0.2, 0) is 4.74 Å². The van der Waals surface area contributed by atoms with Crippen molar-refractivity contribution in [1.29, 1.82) is 0 Å². The van der Waals surface area contributed by atoms with Gasteiger partial charge in [0.1, 0.15) is 6.10 Å². The highest BCUT2D eigenvalue weighted by atomic mass is 16.5. The molecule has 0 radical (unpaired) electrons. The monoisotopic (exact) mass is 273 g/mol. The van der Waals surface area contributed by atoms with Crippen molar-refractivity contribution in [3.8, 4) is 0 Å². The van der Waals surface area contributed by atoms with Gasteiger partial charge in [0.15, 0.2) is 0 Å². The number of likely N-dealkylation sites (N-methyl/N-ethyl adjacent to an activating group) is 1. The number of allylic oxidation sites excluding steroid dienone is 1. The molecule has 0 spiro atoms. The molecule has 2 nitrogen and oxygen atoms in total. The second-order valence-corrected chi connectivity index (χ2v) is 5.57. The van der Waals surface area contributed by atoms with Gasteiger partial charge in [0, 0.05) is 7.11 Å². The lowest BCUT2D eigenvalue weighted by Crippen LogP contribution is -2.35. The highest BCUT2D eigenvalue weighted by Gasteiger charge is 2.24. The molecular formula is C18H27NO. The number of nitrogens with one attached hydrogen (secondary N) is 1. The van der Waals surface area contributed by atoms with E-state index in [0.29, 0.717) is 0 Å². The normalized spacial score (nSPS) is 22.2. The van der Waals surface area contributed by atoms with Gasteiger partial charge in [-0.15, -0.1) is 0 Å². The van der Waals surface area contributed by atoms with Gasteiger partial charge < -0.3 is 10.1 Å². The second-order valence-electron chi connectivity index (χ2n) is 5.57. The summed E-state index contributed by atoms with van der Waals surface area (Å²) in [6, 6.07) is 10.8. The van der Waals surface area contributed by atoms with Gasteiger partial charge in [-0.2, -0.15) is 0 Å². The Labute approximate surface area is 123 Å². The third kappa shape index (κ3) is 3.94. The predicted molar refractivity (Wildman–Crippen MR) is 84.8 cm³/mol. The molecule has 1 aliphatic carbocycles. The van der Waals surface area contributed by atoms with Gasteiger partial charge >= 0.3 is 0 Å². The minimum absolute atomic E-state index is 0.0897. The van der Waals surface area contributed by atoms with Gasteiger partial charge in [-0.05, 0) is 38.3 Å². The number of methoxy groups -OCH3 is 1. The molecule has 2 heteroatoms. The molecule has 2 rings (SSSR count). The molecule has 1 aliphatic rings. The van der Waals surface area contributed by atoms with Crippen LogP contribution in [0, 0.1) is 0 Å². The van der Waals surface area contributed by atoms with E-state index in [2.05, 4.69) is 41.7 Å². The quantitative estimate of drug-likeness (QED) is 0.810. The van der Waals surface area contributed by atoms with Crippen molar-refractivity contribution < 1.29 is 4.74 Å². The molecule has 110 valence electrons. The smallest absolute Gasteiger partial charge is 0.101 e. The van der Waals surface area contributed by atoms with Crippen LogP contribution in [-0.4, -0.2) is 20.2 Å². The van der Waals surface area contributed by atoms with Gasteiger partial charge in [-0.3, -0.25) is 0 Å². The topological polar surface area (TPSA) is 21.3 Å². The van der Waals surface area contributed by atoms with E-state index < -0.39 is 0 Å². The zero-order valence-corrected chi connectivity index (χ0v) is 12.8. The fourth-order valence-corrected chi connectivity index (χ4v) is 3.14. The molecule has 2 unspecified atom stereocenters. The van der Waals surface area contributed by atoms with Crippen LogP contribution in [0.25, 0.3) is 0 Å². The summed E-state index contributed by atoms with van der Waals surface area (Å²) in [5, 5.41) is 3.48. The van der Waals surface area contributed by atoms with Crippen LogP contribution in [0.3, 0.4) is 0 Å². The molecule has 2 atom stereocenters. The first-order valence-corrected chi connectivity index (χ1v) is 7.80. The number of hydrogen-bond acceptors (Lipinski definition) is 2. The Kier molecular flexibility index (Phi) is 6.28. The maximum absolute atomic E-state index is 5.81. The second kappa shape index (κ2) is 8.23. The summed E-state index contributed by atoms with van der Waals surface area (Å²) in [4.78, 5) is 0. The fourth-order valence-electron chi connectivity index (χ4n) is 3.14. The lowest BCUT2D eigenvalue weighted by atomic mass is 9.89. The molecule has 0 aliphatic heterocycles. The van der Waals surface area contributed by atoms with Crippen LogP contribution in [0.5, 0.6) is 0 Å². The van der Waals surface area contributed by atoms with E-state index in [9.17, 15) is 0 Å². The van der Waals surface area contributed by atoms with Crippen LogP contribution in [0.15, 0.2) is 42.0 Å². The Morgan fingerprint density at radius 1 is 1.05 bits per heavy atom. The van der Waals surface area contributed by atoms with Crippen LogP contribution < -0.4 is 5.32 Å². The molecule has 1 N–H and O–H groups in total. The highest BCUT2D eigenvalue weighted by Crippen LogP contribution is 2.29. The van der Waals surface area contributed by atoms with E-state index in [1.54, 1.807) is 0 Å². The SMILES string of the molecule is CNC(/C1=C/CCCCCC1)C(OC)c1ccccc1. The largest absolute Gasteiger partial charge is 0.375 e. The molecule has 1 aromatic carbocycles. The average molecular weight is 273 g/mol. The summed E-state index contributed by atoms with van der Waals surface area (Å²) in [5.41, 5.74) is 2.76. The molecule has 1 aromatic rings. The fraction of sp³-hybridized carbons (Fsp3) is 0.556. The summed E-state index contributed by atoms with van der Waals surface area (Å²) >= 11 is 0. The van der Waals surface area contributed by atoms with E-state index in [1.807, 2.05) is 14.2 Å². The molecular weight excluding hydrogens is 246 g/mol. The Balaban J connectivity index is 2.20. The zero-order valence-electron chi connectivity index (χ0n) is 12.8. The van der Waals surface area contributed by atoms with E-state index >= 15 is 0 Å². The Bertz CT molecular complexity index is 413. The first-order chi connectivity index (χ1) is 9.86. The predicted octanol–water partition coefficient (Wildman–Crippen LogP) is 4.24. The van der Waals surface area contributed by atoms with Crippen LogP contribution >= 0.6 is 0 Å². The minimum atomic E-state index is 0.0897. The Morgan fingerprint density at radius 2 is 1.80 bits per heavy atom. The standard InChI is InChI=1S/C18H27NO/c1-19-17(15-11-7-4-3-5-8-12-15)18(20-2)16-13-9-6-10-14-16/h6,9-11,13-14,17-19H,3-5,7-8,12H2,1-2H3/b15-11+. The zero-order chi connectivity index (χ0) is 14.2. The van der Waals surface area contributed by atoms with E-state index in [0.717, 1.165) is 0 Å². The van der Waals surface area contributed by atoms with E-state index in [4.69, 9.17) is 4.74 Å². The van der Waals surface area contributed by atoms with Crippen molar-refractivity contribution in [2.75, 3.05) is 14.2 Å². The van der Waals surface area contributed by atoms with Crippen LogP contribution in [0.1, 0.15) is 50.2 Å². The first-order valence-electron chi connectivity index (χ1n) is 7.80. The Morgan fingerprint density at radius 3 is 2.50 bits per heavy atom. The molecule has 0 heterocycles. The molecule has 0 aromatic heterocycles. The lowest BCUT2D eigenvalue weighted by Gasteiger charge is -2.29. The van der Waals surface area contributed by atoms with Gasteiger partial charge in [-0.1, -0.05) is 54.8 Å². The molecule has 0 fully saturated rings. The molecule has 0 saturated carbocycles. The maximum Gasteiger partial charge on any atom is 0.101 e. The van der Waals surface area contributed by atoms with Crippen molar-refractivity contribution in [3.63, 3.8) is 0 Å². The van der Waals surface area contributed by atoms with Crippen LogP contribution in [0.4, 0.5) is 0 Å². The van der Waals surface area contributed by atoms with E-state index in [-0.39, 0.29) is 12.1 Å². The molecule has 0 amide bonds. The third-order valence-corrected chi connectivity index (χ3v) is 4.22. The first kappa shape index (κ1) is 15.3. The summed E-state index contributed by atoms with van der Waals surface area (Å²) in [7, 11) is 3.85. The summed E-state index contributed by atoms with van der Waals surface area (Å²) in [6.07, 6.45) is 10.3. The summed E-state index contributed by atoms with van der Waals surface area (Å²) in [5.74, 6) is 0. The number of hydrogen-bond donors (Lipinski definition) is 1. The van der Waals surface area contributed by atoms with Crippen LogP contribution in [0.2, 0.25) is 0 Å². The number of ether oxygens (including phenoxy) is 1. The van der Waals surface area contributed by atoms with Crippen molar-refractivity contribution in [3.05, 3.63) is 47.5 Å². The van der Waals surface area contributed by atoms with Gasteiger partial charge in [0.05, 0.1) is 6.04 Å². The molecule has 0 bridgehead atoms. The number of rotatable bonds is 5. The number of benzene rings is 1.